The van der Waals surface area contributed by atoms with E-state index in [4.69, 9.17) is 33.4 Å². The number of esters is 4. The van der Waals surface area contributed by atoms with Gasteiger partial charge in [-0.2, -0.15) is 0 Å². The van der Waals surface area contributed by atoms with E-state index in [1.54, 1.807) is 67.6 Å². The summed E-state index contributed by atoms with van der Waals surface area (Å²) in [4.78, 5) is 108. The number of allylic oxidation sites excluding steroid dienone is 1. The molecule has 4 unspecified atom stereocenters. The molecule has 1 aliphatic heterocycles. The fourth-order valence-electron chi connectivity index (χ4n) is 5.85. The van der Waals surface area contributed by atoms with Crippen molar-refractivity contribution >= 4 is 95.5 Å². The first-order chi connectivity index (χ1) is 30.8. The third kappa shape index (κ3) is 13.2. The van der Waals surface area contributed by atoms with Gasteiger partial charge >= 0.3 is 23.9 Å². The third-order valence-corrected chi connectivity index (χ3v) is 11.3. The highest BCUT2D eigenvalue weighted by Crippen LogP contribution is 2.40. The van der Waals surface area contributed by atoms with Crippen molar-refractivity contribution < 1.29 is 66.8 Å². The molecule has 2 amide bonds. The van der Waals surface area contributed by atoms with Crippen LogP contribution in [0.2, 0.25) is 0 Å². The van der Waals surface area contributed by atoms with Gasteiger partial charge in [-0.15, -0.1) is 23.5 Å². The second-order valence-electron chi connectivity index (χ2n) is 13.0. The van der Waals surface area contributed by atoms with E-state index in [2.05, 4.69) is 28.8 Å². The first kappa shape index (κ1) is 49.5. The Hall–Kier alpha value is -7.19. The van der Waals surface area contributed by atoms with Crippen molar-refractivity contribution in [3.05, 3.63) is 114 Å². The lowest BCUT2D eigenvalue weighted by atomic mass is 9.96. The van der Waals surface area contributed by atoms with E-state index in [9.17, 15) is 38.4 Å². The van der Waals surface area contributed by atoms with Crippen LogP contribution in [-0.2, 0) is 62.0 Å². The van der Waals surface area contributed by atoms with Crippen molar-refractivity contribution in [3.63, 3.8) is 0 Å². The molecule has 3 aromatic rings. The maximum Gasteiger partial charge on any atom is 0.342 e. The summed E-state index contributed by atoms with van der Waals surface area (Å²) in [5.41, 5.74) is 0.651. The van der Waals surface area contributed by atoms with Gasteiger partial charge in [-0.3, -0.25) is 19.2 Å². The molecule has 0 radical (unpaired) electrons. The van der Waals surface area contributed by atoms with Crippen molar-refractivity contribution in [2.45, 2.75) is 35.9 Å². The average Bonchev–Trinajstić information content (AvgIpc) is 3.85. The van der Waals surface area contributed by atoms with Gasteiger partial charge in [0.25, 0.3) is 12.9 Å². The lowest BCUT2D eigenvalue weighted by Crippen LogP contribution is -2.39. The zero-order valence-corrected chi connectivity index (χ0v) is 36.6. The number of carbonyl (C=O) groups is 8. The Morgan fingerprint density at radius 1 is 0.797 bits per heavy atom. The van der Waals surface area contributed by atoms with Crippen LogP contribution in [0.25, 0.3) is 22.8 Å². The van der Waals surface area contributed by atoms with Gasteiger partial charge in [0.05, 0.1) is 36.1 Å². The third-order valence-electron chi connectivity index (χ3n) is 8.84. The molecule has 1 aliphatic rings. The van der Waals surface area contributed by atoms with Gasteiger partial charge < -0.3 is 44.0 Å². The Morgan fingerprint density at radius 2 is 1.42 bits per heavy atom. The van der Waals surface area contributed by atoms with Gasteiger partial charge in [0.2, 0.25) is 11.8 Å². The molecule has 336 valence electrons. The van der Waals surface area contributed by atoms with E-state index in [0.717, 1.165) is 42.8 Å². The van der Waals surface area contributed by atoms with Crippen LogP contribution in [0, 0.1) is 0 Å². The summed E-state index contributed by atoms with van der Waals surface area (Å²) in [6.07, 6.45) is 2.48. The number of aromatic nitrogens is 1. The number of nitrogens with zero attached hydrogens (tertiary/aromatic N) is 1. The summed E-state index contributed by atoms with van der Waals surface area (Å²) in [6.45, 7) is 9.47. The predicted molar refractivity (Wildman–Crippen MR) is 238 cm³/mol. The number of aliphatic imine (C=N–C) groups is 1. The number of anilines is 1. The van der Waals surface area contributed by atoms with Crippen LogP contribution < -0.4 is 10.6 Å². The van der Waals surface area contributed by atoms with Crippen LogP contribution in [0.1, 0.15) is 35.5 Å². The standard InChI is InChI=1S/C44H44N4O14S2/c1-7-32(51)60-20-29(62-33(52)8-2)22-63-25(3)41(53)47-39-37(43(55)57-5)35(27-15-11-9-12-16-27)30(45-39)19-31-36(28-17-13-10-14-18-28)38(44(56)58-6)40(46-31)48-42(54)26(4)64-34(61-24-50)21-59-23-49/h7-19,23-26,29,34,45H,1-2,20-22H2,3-6H3,(H,47,53)(H,46,48,54). The van der Waals surface area contributed by atoms with Crippen LogP contribution in [0.15, 0.2) is 102 Å². The summed E-state index contributed by atoms with van der Waals surface area (Å²) in [6, 6.07) is 17.3. The monoisotopic (exact) mass is 916 g/mol. The lowest BCUT2D eigenvalue weighted by Gasteiger charge is -2.18. The molecule has 0 saturated heterocycles. The topological polar surface area (TPSA) is 244 Å². The molecule has 20 heteroatoms. The summed E-state index contributed by atoms with van der Waals surface area (Å²) in [5, 5.41) is 3.66. The molecule has 0 aliphatic carbocycles. The number of H-pyrrole nitrogens is 1. The van der Waals surface area contributed by atoms with Gasteiger partial charge in [-0.25, -0.2) is 24.2 Å². The van der Waals surface area contributed by atoms with E-state index in [1.165, 1.54) is 20.1 Å². The van der Waals surface area contributed by atoms with Crippen LogP contribution >= 0.6 is 23.5 Å². The minimum absolute atomic E-state index is 0.0208. The van der Waals surface area contributed by atoms with Crippen LogP contribution in [0.5, 0.6) is 0 Å². The van der Waals surface area contributed by atoms with Crippen molar-refractivity contribution in [1.82, 2.24) is 10.3 Å². The molecule has 3 N–H and O–H groups in total. The Morgan fingerprint density at radius 3 is 2.02 bits per heavy atom. The Labute approximate surface area is 375 Å². The molecule has 4 atom stereocenters. The van der Waals surface area contributed by atoms with Crippen molar-refractivity contribution in [2.24, 2.45) is 4.99 Å². The largest absolute Gasteiger partial charge is 0.465 e. The number of methoxy groups -OCH3 is 2. The highest BCUT2D eigenvalue weighted by molar-refractivity contribution is 8.01. The number of amidine groups is 1. The molecule has 0 saturated carbocycles. The quantitative estimate of drug-likeness (QED) is 0.0386. The van der Waals surface area contributed by atoms with Gasteiger partial charge in [0, 0.05) is 29.0 Å². The number of hydrogen-bond donors (Lipinski definition) is 3. The molecule has 0 bridgehead atoms. The number of thioether (sulfide) groups is 2. The number of amides is 2. The van der Waals surface area contributed by atoms with E-state index in [1.807, 2.05) is 0 Å². The van der Waals surface area contributed by atoms with E-state index in [-0.39, 0.29) is 77.2 Å². The van der Waals surface area contributed by atoms with Crippen LogP contribution in [-0.4, -0.2) is 115 Å². The van der Waals surface area contributed by atoms with Crippen molar-refractivity contribution in [2.75, 3.05) is 38.5 Å². The molecular formula is C44H44N4O14S2. The van der Waals surface area contributed by atoms with Crippen molar-refractivity contribution in [1.29, 1.82) is 0 Å². The van der Waals surface area contributed by atoms with Crippen LogP contribution in [0.3, 0.4) is 0 Å². The van der Waals surface area contributed by atoms with Crippen LogP contribution in [0.4, 0.5) is 5.82 Å². The molecule has 0 spiro atoms. The van der Waals surface area contributed by atoms with Crippen molar-refractivity contribution in [3.8, 4) is 11.1 Å². The number of benzene rings is 2. The minimum Gasteiger partial charge on any atom is -0.465 e. The molecule has 4 rings (SSSR count). The van der Waals surface area contributed by atoms with E-state index < -0.39 is 57.7 Å². The fraction of sp³-hybridized carbons (Fsp3) is 0.250. The van der Waals surface area contributed by atoms with Gasteiger partial charge in [-0.05, 0) is 31.1 Å². The van der Waals surface area contributed by atoms with Gasteiger partial charge in [-0.1, -0.05) is 73.8 Å². The Kier molecular flexibility index (Phi) is 18.9. The molecule has 1 aromatic heterocycles. The fourth-order valence-corrected chi connectivity index (χ4v) is 7.64. The normalized spacial score (nSPS) is 14.4. The molecule has 18 nitrogen and oxygen atoms in total. The predicted octanol–water partition coefficient (Wildman–Crippen LogP) is 4.65. The molecule has 64 heavy (non-hydrogen) atoms. The summed E-state index contributed by atoms with van der Waals surface area (Å²) in [5.74, 6) is -4.66. The second-order valence-corrected chi connectivity index (χ2v) is 15.9. The van der Waals surface area contributed by atoms with Gasteiger partial charge in [0.15, 0.2) is 5.44 Å². The zero-order chi connectivity index (χ0) is 46.8. The SMILES string of the molecule is C=CC(=O)OCC(CSC(C)C(=O)Nc1[nH]c(C=C2N=C(NC(=O)C(C)SC(COC=O)OC=O)C(C(=O)OC)=C2c2ccccc2)c(-c2ccccc2)c1C(=O)OC)OC(=O)C=C. The first-order valence-corrected chi connectivity index (χ1v) is 21.0. The second kappa shape index (κ2) is 24.4. The maximum atomic E-state index is 13.8. The molecular weight excluding hydrogens is 873 g/mol. The average molecular weight is 917 g/mol. The number of rotatable bonds is 23. The Balaban J connectivity index is 1.83. The highest BCUT2D eigenvalue weighted by atomic mass is 32.2. The minimum atomic E-state index is -1.03. The summed E-state index contributed by atoms with van der Waals surface area (Å²) < 4.78 is 30.4. The molecule has 2 heterocycles. The number of nitrogens with one attached hydrogen (secondary N) is 3. The maximum absolute atomic E-state index is 13.8. The number of ether oxygens (including phenoxy) is 6. The summed E-state index contributed by atoms with van der Waals surface area (Å²) in [7, 11) is 2.33. The summed E-state index contributed by atoms with van der Waals surface area (Å²) >= 11 is 1.93. The van der Waals surface area contributed by atoms with Gasteiger partial charge in [0.1, 0.15) is 42.1 Å². The highest BCUT2D eigenvalue weighted by Gasteiger charge is 2.35. The van der Waals surface area contributed by atoms with E-state index >= 15 is 0 Å². The number of carbonyl (C=O) groups excluding carboxylic acids is 8. The zero-order valence-electron chi connectivity index (χ0n) is 35.0. The molecule has 0 fully saturated rings. The number of hydrogen-bond acceptors (Lipinski definition) is 17. The first-order valence-electron chi connectivity index (χ1n) is 19.0. The number of aromatic amines is 1. The molecule has 2 aromatic carbocycles. The Bertz CT molecular complexity index is 2340. The van der Waals surface area contributed by atoms with E-state index in [0.29, 0.717) is 11.1 Å². The smallest absolute Gasteiger partial charge is 0.342 e. The lowest BCUT2D eigenvalue weighted by molar-refractivity contribution is -0.151.